The van der Waals surface area contributed by atoms with E-state index >= 15 is 0 Å². The SMILES string of the molecule is Cc1ccc(NC(=O)COC(=O)c2ccc(Cl)c(S(N)(=O)=O)c2)cc1Cl. The summed E-state index contributed by atoms with van der Waals surface area (Å²) in [5, 5.41) is 7.90. The third-order valence-corrected chi connectivity index (χ3v) is 5.06. The number of primary sulfonamides is 1. The first kappa shape index (κ1) is 20.2. The molecule has 0 radical (unpaired) electrons. The summed E-state index contributed by atoms with van der Waals surface area (Å²) in [5.41, 5.74) is 1.19. The van der Waals surface area contributed by atoms with Gasteiger partial charge in [-0.3, -0.25) is 4.79 Å². The van der Waals surface area contributed by atoms with Crippen LogP contribution in [0.3, 0.4) is 0 Å². The van der Waals surface area contributed by atoms with E-state index in [1.165, 1.54) is 12.1 Å². The minimum Gasteiger partial charge on any atom is -0.452 e. The number of rotatable bonds is 5. The third-order valence-electron chi connectivity index (χ3n) is 3.26. The van der Waals surface area contributed by atoms with Gasteiger partial charge in [0.2, 0.25) is 10.0 Å². The highest BCUT2D eigenvalue weighted by Crippen LogP contribution is 2.22. The molecule has 0 aliphatic heterocycles. The van der Waals surface area contributed by atoms with Crippen LogP contribution in [0.2, 0.25) is 10.0 Å². The molecule has 0 aliphatic rings. The first-order valence-electron chi connectivity index (χ1n) is 7.13. The van der Waals surface area contributed by atoms with Crippen molar-refractivity contribution in [3.63, 3.8) is 0 Å². The van der Waals surface area contributed by atoms with E-state index in [-0.39, 0.29) is 10.6 Å². The van der Waals surface area contributed by atoms with Crippen molar-refractivity contribution >= 4 is 50.8 Å². The molecule has 138 valence electrons. The van der Waals surface area contributed by atoms with Gasteiger partial charge in [0.05, 0.1) is 10.6 Å². The van der Waals surface area contributed by atoms with Crippen LogP contribution >= 0.6 is 23.2 Å². The van der Waals surface area contributed by atoms with E-state index in [1.54, 1.807) is 18.2 Å². The van der Waals surface area contributed by atoms with Crippen LogP contribution in [0, 0.1) is 6.92 Å². The minimum atomic E-state index is -4.10. The standard InChI is InChI=1S/C16H14Cl2N2O5S/c1-9-2-4-11(7-13(9)18)20-15(21)8-25-16(22)10-3-5-12(17)14(6-10)26(19,23)24/h2-7H,8H2,1H3,(H,20,21)(H2,19,23,24). The summed E-state index contributed by atoms with van der Waals surface area (Å²) in [5.74, 6) is -1.48. The molecule has 0 fully saturated rings. The molecule has 1 amide bonds. The number of amides is 1. The molecule has 0 saturated carbocycles. The highest BCUT2D eigenvalue weighted by molar-refractivity contribution is 7.89. The molecule has 10 heteroatoms. The Labute approximate surface area is 160 Å². The average molecular weight is 417 g/mol. The fourth-order valence-corrected chi connectivity index (χ4v) is 3.18. The van der Waals surface area contributed by atoms with Crippen LogP contribution < -0.4 is 10.5 Å². The van der Waals surface area contributed by atoms with Crippen molar-refractivity contribution in [1.82, 2.24) is 0 Å². The van der Waals surface area contributed by atoms with Crippen LogP contribution in [-0.4, -0.2) is 26.9 Å². The molecule has 26 heavy (non-hydrogen) atoms. The lowest BCUT2D eigenvalue weighted by Gasteiger charge is -2.09. The van der Waals surface area contributed by atoms with Crippen molar-refractivity contribution in [3.05, 3.63) is 57.6 Å². The Bertz CT molecular complexity index is 977. The quantitative estimate of drug-likeness (QED) is 0.726. The number of hydrogen-bond donors (Lipinski definition) is 2. The first-order chi connectivity index (χ1) is 12.1. The zero-order valence-electron chi connectivity index (χ0n) is 13.5. The second-order valence-corrected chi connectivity index (χ2v) is 7.62. The van der Waals surface area contributed by atoms with Gasteiger partial charge in [-0.1, -0.05) is 29.3 Å². The van der Waals surface area contributed by atoms with Gasteiger partial charge < -0.3 is 10.1 Å². The van der Waals surface area contributed by atoms with Crippen LogP contribution in [-0.2, 0) is 19.6 Å². The molecule has 0 aliphatic carbocycles. The smallest absolute Gasteiger partial charge is 0.338 e. The molecular weight excluding hydrogens is 403 g/mol. The largest absolute Gasteiger partial charge is 0.452 e. The summed E-state index contributed by atoms with van der Waals surface area (Å²) in [6, 6.07) is 8.39. The molecule has 3 N–H and O–H groups in total. The van der Waals surface area contributed by atoms with Crippen molar-refractivity contribution in [2.75, 3.05) is 11.9 Å². The number of nitrogens with two attached hydrogens (primary N) is 1. The van der Waals surface area contributed by atoms with E-state index < -0.39 is 33.4 Å². The van der Waals surface area contributed by atoms with Gasteiger partial charge in [-0.05, 0) is 42.8 Å². The molecule has 0 heterocycles. The van der Waals surface area contributed by atoms with Gasteiger partial charge in [-0.2, -0.15) is 0 Å². The molecular formula is C16H14Cl2N2O5S. The molecule has 0 saturated heterocycles. The van der Waals surface area contributed by atoms with Crippen LogP contribution in [0.25, 0.3) is 0 Å². The third kappa shape index (κ3) is 5.18. The fraction of sp³-hybridized carbons (Fsp3) is 0.125. The lowest BCUT2D eigenvalue weighted by Crippen LogP contribution is -2.21. The molecule has 2 aromatic rings. The van der Waals surface area contributed by atoms with Crippen LogP contribution in [0.15, 0.2) is 41.3 Å². The Morgan fingerprint density at radius 1 is 1.12 bits per heavy atom. The lowest BCUT2D eigenvalue weighted by molar-refractivity contribution is -0.119. The number of halogens is 2. The molecule has 7 nitrogen and oxygen atoms in total. The summed E-state index contributed by atoms with van der Waals surface area (Å²) >= 11 is 11.7. The van der Waals surface area contributed by atoms with E-state index in [0.717, 1.165) is 11.6 Å². The van der Waals surface area contributed by atoms with Crippen LogP contribution in [0.4, 0.5) is 5.69 Å². The number of nitrogens with one attached hydrogen (secondary N) is 1. The maximum Gasteiger partial charge on any atom is 0.338 e. The van der Waals surface area contributed by atoms with Gasteiger partial charge in [-0.15, -0.1) is 0 Å². The average Bonchev–Trinajstić information content (AvgIpc) is 2.55. The highest BCUT2D eigenvalue weighted by atomic mass is 35.5. The maximum atomic E-state index is 12.0. The Morgan fingerprint density at radius 3 is 2.42 bits per heavy atom. The summed E-state index contributed by atoms with van der Waals surface area (Å²) in [7, 11) is -4.10. The fourth-order valence-electron chi connectivity index (χ4n) is 1.93. The Kier molecular flexibility index (Phi) is 6.25. The summed E-state index contributed by atoms with van der Waals surface area (Å²) < 4.78 is 27.7. The minimum absolute atomic E-state index is 0.107. The van der Waals surface area contributed by atoms with Crippen molar-refractivity contribution in [2.24, 2.45) is 5.14 Å². The highest BCUT2D eigenvalue weighted by Gasteiger charge is 2.18. The molecule has 0 unspecified atom stereocenters. The van der Waals surface area contributed by atoms with Gasteiger partial charge >= 0.3 is 5.97 Å². The van der Waals surface area contributed by atoms with Gasteiger partial charge in [-0.25, -0.2) is 18.4 Å². The second kappa shape index (κ2) is 8.05. The van der Waals surface area contributed by atoms with Crippen molar-refractivity contribution in [2.45, 2.75) is 11.8 Å². The molecule has 0 bridgehead atoms. The maximum absolute atomic E-state index is 12.0. The first-order valence-corrected chi connectivity index (χ1v) is 9.43. The van der Waals surface area contributed by atoms with Crippen molar-refractivity contribution in [1.29, 1.82) is 0 Å². The number of aryl methyl sites for hydroxylation is 1. The number of ether oxygens (including phenoxy) is 1. The van der Waals surface area contributed by atoms with Gasteiger partial charge in [0.1, 0.15) is 4.90 Å². The van der Waals surface area contributed by atoms with E-state index in [0.29, 0.717) is 10.7 Å². The Morgan fingerprint density at radius 2 is 1.81 bits per heavy atom. The van der Waals surface area contributed by atoms with E-state index in [2.05, 4.69) is 5.32 Å². The lowest BCUT2D eigenvalue weighted by atomic mass is 10.2. The zero-order chi connectivity index (χ0) is 19.5. The topological polar surface area (TPSA) is 116 Å². The van der Waals surface area contributed by atoms with Gasteiger partial charge in [0.15, 0.2) is 6.61 Å². The molecule has 0 spiro atoms. The number of sulfonamides is 1. The second-order valence-electron chi connectivity index (χ2n) is 5.28. The molecule has 0 atom stereocenters. The Balaban J connectivity index is 2.02. The normalized spacial score (nSPS) is 11.1. The van der Waals surface area contributed by atoms with Gasteiger partial charge in [0.25, 0.3) is 5.91 Å². The monoisotopic (exact) mass is 416 g/mol. The van der Waals surface area contributed by atoms with Crippen LogP contribution in [0.1, 0.15) is 15.9 Å². The van der Waals surface area contributed by atoms with Crippen LogP contribution in [0.5, 0.6) is 0 Å². The van der Waals surface area contributed by atoms with Crippen molar-refractivity contribution in [3.8, 4) is 0 Å². The predicted octanol–water partition coefficient (Wildman–Crippen LogP) is 2.74. The summed E-state index contributed by atoms with van der Waals surface area (Å²) in [6.45, 7) is 1.25. The number of carbonyl (C=O) groups excluding carboxylic acids is 2. The number of carbonyl (C=O) groups is 2. The molecule has 0 aromatic heterocycles. The number of benzene rings is 2. The number of anilines is 1. The zero-order valence-corrected chi connectivity index (χ0v) is 15.8. The van der Waals surface area contributed by atoms with E-state index in [4.69, 9.17) is 33.1 Å². The number of esters is 1. The van der Waals surface area contributed by atoms with Crippen molar-refractivity contribution < 1.29 is 22.7 Å². The number of hydrogen-bond acceptors (Lipinski definition) is 5. The van der Waals surface area contributed by atoms with Gasteiger partial charge in [0, 0.05) is 10.7 Å². The Hall–Kier alpha value is -2.13. The molecule has 2 aromatic carbocycles. The van der Waals surface area contributed by atoms with E-state index in [9.17, 15) is 18.0 Å². The van der Waals surface area contributed by atoms with E-state index in [1.807, 2.05) is 6.92 Å². The molecule has 2 rings (SSSR count). The summed E-state index contributed by atoms with van der Waals surface area (Å²) in [4.78, 5) is 23.4. The predicted molar refractivity (Wildman–Crippen MR) is 97.9 cm³/mol. The summed E-state index contributed by atoms with van der Waals surface area (Å²) in [6.07, 6.45) is 0.